The number of hydrogen-bond acceptors (Lipinski definition) is 3. The van der Waals surface area contributed by atoms with Crippen LogP contribution in [-0.2, 0) is 0 Å². The predicted molar refractivity (Wildman–Crippen MR) is 66.7 cm³/mol. The molecule has 0 spiro atoms. The van der Waals surface area contributed by atoms with E-state index in [1.807, 2.05) is 36.0 Å². The van der Waals surface area contributed by atoms with Gasteiger partial charge in [0.25, 0.3) is 5.22 Å². The number of oxazole rings is 1. The zero-order valence-corrected chi connectivity index (χ0v) is 10.0. The lowest BCUT2D eigenvalue weighted by Gasteiger charge is -2.18. The van der Waals surface area contributed by atoms with Crippen LogP contribution in [0.1, 0.15) is 32.1 Å². The molecular weight excluding hydrogens is 218 g/mol. The Labute approximate surface area is 99.4 Å². The van der Waals surface area contributed by atoms with Gasteiger partial charge >= 0.3 is 0 Å². The summed E-state index contributed by atoms with van der Waals surface area (Å²) in [5, 5.41) is 1.55. The molecule has 0 bridgehead atoms. The molecule has 0 radical (unpaired) electrons. The Morgan fingerprint density at radius 1 is 1.12 bits per heavy atom. The second-order valence-electron chi connectivity index (χ2n) is 4.33. The van der Waals surface area contributed by atoms with Crippen LogP contribution in [0.4, 0.5) is 0 Å². The third-order valence-electron chi connectivity index (χ3n) is 3.09. The van der Waals surface area contributed by atoms with E-state index >= 15 is 0 Å². The van der Waals surface area contributed by atoms with E-state index in [-0.39, 0.29) is 0 Å². The van der Waals surface area contributed by atoms with Gasteiger partial charge < -0.3 is 4.42 Å². The maximum atomic E-state index is 5.72. The van der Waals surface area contributed by atoms with Crippen LogP contribution in [0.15, 0.2) is 33.9 Å². The smallest absolute Gasteiger partial charge is 0.257 e. The second-order valence-corrected chi connectivity index (χ2v) is 5.58. The fraction of sp³-hybridized carbons (Fsp3) is 0.462. The SMILES string of the molecule is c1ccc2oc(SC3CCCCC3)nc2c1. The first-order valence-electron chi connectivity index (χ1n) is 5.94. The summed E-state index contributed by atoms with van der Waals surface area (Å²) in [7, 11) is 0. The highest BCUT2D eigenvalue weighted by molar-refractivity contribution is 7.99. The molecule has 0 amide bonds. The number of nitrogens with zero attached hydrogens (tertiary/aromatic N) is 1. The topological polar surface area (TPSA) is 26.0 Å². The lowest BCUT2D eigenvalue weighted by Crippen LogP contribution is -2.07. The van der Waals surface area contributed by atoms with Crippen LogP contribution in [0, 0.1) is 0 Å². The van der Waals surface area contributed by atoms with E-state index < -0.39 is 0 Å². The van der Waals surface area contributed by atoms with Crippen molar-refractivity contribution in [2.45, 2.75) is 42.6 Å². The van der Waals surface area contributed by atoms with Crippen LogP contribution in [0.2, 0.25) is 0 Å². The maximum Gasteiger partial charge on any atom is 0.257 e. The summed E-state index contributed by atoms with van der Waals surface area (Å²) in [5.74, 6) is 0. The van der Waals surface area contributed by atoms with Crippen LogP contribution in [0.5, 0.6) is 0 Å². The summed E-state index contributed by atoms with van der Waals surface area (Å²) in [6.45, 7) is 0. The first-order valence-corrected chi connectivity index (χ1v) is 6.82. The molecule has 0 N–H and O–H groups in total. The van der Waals surface area contributed by atoms with Crippen LogP contribution in [-0.4, -0.2) is 10.2 Å². The molecule has 1 aromatic heterocycles. The summed E-state index contributed by atoms with van der Waals surface area (Å²) in [5.41, 5.74) is 1.88. The van der Waals surface area contributed by atoms with Gasteiger partial charge in [0.15, 0.2) is 5.58 Å². The Hall–Kier alpha value is -0.960. The Balaban J connectivity index is 1.78. The largest absolute Gasteiger partial charge is 0.431 e. The number of benzene rings is 1. The van der Waals surface area contributed by atoms with Gasteiger partial charge in [-0.05, 0) is 25.0 Å². The standard InChI is InChI=1S/C13H15NOS/c1-2-6-10(7-3-1)16-13-14-11-8-4-5-9-12(11)15-13/h4-5,8-10H,1-3,6-7H2. The molecular formula is C13H15NOS. The molecule has 0 unspecified atom stereocenters. The van der Waals surface area contributed by atoms with Crippen molar-refractivity contribution in [3.63, 3.8) is 0 Å². The van der Waals surface area contributed by atoms with E-state index in [1.165, 1.54) is 32.1 Å². The van der Waals surface area contributed by atoms with E-state index in [9.17, 15) is 0 Å². The number of fused-ring (bicyclic) bond motifs is 1. The van der Waals surface area contributed by atoms with Crippen molar-refractivity contribution in [3.05, 3.63) is 24.3 Å². The summed E-state index contributed by atoms with van der Waals surface area (Å²) >= 11 is 1.81. The van der Waals surface area contributed by atoms with Crippen molar-refractivity contribution < 1.29 is 4.42 Å². The Morgan fingerprint density at radius 2 is 1.94 bits per heavy atom. The zero-order valence-electron chi connectivity index (χ0n) is 9.19. The average molecular weight is 233 g/mol. The molecule has 84 valence electrons. The Bertz CT molecular complexity index is 440. The minimum Gasteiger partial charge on any atom is -0.431 e. The molecule has 2 nitrogen and oxygen atoms in total. The minimum absolute atomic E-state index is 0.710. The lowest BCUT2D eigenvalue weighted by atomic mass is 10.0. The van der Waals surface area contributed by atoms with Gasteiger partial charge in [-0.2, -0.15) is 0 Å². The fourth-order valence-corrected chi connectivity index (χ4v) is 3.37. The van der Waals surface area contributed by atoms with Crippen LogP contribution >= 0.6 is 11.8 Å². The van der Waals surface area contributed by atoms with Crippen LogP contribution in [0.3, 0.4) is 0 Å². The van der Waals surface area contributed by atoms with Gasteiger partial charge in [0.2, 0.25) is 0 Å². The third-order valence-corrected chi connectivity index (χ3v) is 4.27. The van der Waals surface area contributed by atoms with Crippen molar-refractivity contribution in [1.82, 2.24) is 4.98 Å². The van der Waals surface area contributed by atoms with E-state index in [1.54, 1.807) is 0 Å². The first-order chi connectivity index (χ1) is 7.92. The molecule has 1 aromatic carbocycles. The second kappa shape index (κ2) is 4.50. The van der Waals surface area contributed by atoms with Crippen molar-refractivity contribution in [2.75, 3.05) is 0 Å². The number of rotatable bonds is 2. The predicted octanol–water partition coefficient (Wildman–Crippen LogP) is 4.25. The molecule has 0 atom stereocenters. The molecule has 1 saturated carbocycles. The molecule has 16 heavy (non-hydrogen) atoms. The normalized spacial score (nSPS) is 18.0. The molecule has 2 aromatic rings. The summed E-state index contributed by atoms with van der Waals surface area (Å²) in [4.78, 5) is 4.50. The van der Waals surface area contributed by atoms with Gasteiger partial charge in [-0.15, -0.1) is 0 Å². The van der Waals surface area contributed by atoms with Gasteiger partial charge in [0.1, 0.15) is 5.52 Å². The number of para-hydroxylation sites is 2. The number of thioether (sulfide) groups is 1. The van der Waals surface area contributed by atoms with Crippen LogP contribution in [0.25, 0.3) is 11.1 Å². The first kappa shape index (κ1) is 10.2. The molecule has 1 fully saturated rings. The van der Waals surface area contributed by atoms with Crippen molar-refractivity contribution in [3.8, 4) is 0 Å². The van der Waals surface area contributed by atoms with Crippen LogP contribution < -0.4 is 0 Å². The van der Waals surface area contributed by atoms with E-state index in [0.29, 0.717) is 5.25 Å². The molecule has 0 aliphatic heterocycles. The van der Waals surface area contributed by atoms with Gasteiger partial charge in [0, 0.05) is 5.25 Å². The minimum atomic E-state index is 0.710. The highest BCUT2D eigenvalue weighted by atomic mass is 32.2. The van der Waals surface area contributed by atoms with E-state index in [2.05, 4.69) is 4.98 Å². The summed E-state index contributed by atoms with van der Waals surface area (Å²) < 4.78 is 5.72. The summed E-state index contributed by atoms with van der Waals surface area (Å²) in [6.07, 6.45) is 6.73. The Kier molecular flexibility index (Phi) is 2.87. The molecule has 1 aliphatic carbocycles. The highest BCUT2D eigenvalue weighted by Gasteiger charge is 2.17. The number of aromatic nitrogens is 1. The third kappa shape index (κ3) is 2.09. The monoisotopic (exact) mass is 233 g/mol. The van der Waals surface area contributed by atoms with Crippen molar-refractivity contribution in [2.24, 2.45) is 0 Å². The molecule has 1 heterocycles. The van der Waals surface area contributed by atoms with Crippen molar-refractivity contribution >= 4 is 22.9 Å². The summed E-state index contributed by atoms with van der Waals surface area (Å²) in [6, 6.07) is 7.97. The highest BCUT2D eigenvalue weighted by Crippen LogP contribution is 2.34. The van der Waals surface area contributed by atoms with Crippen molar-refractivity contribution in [1.29, 1.82) is 0 Å². The molecule has 3 rings (SSSR count). The Morgan fingerprint density at radius 3 is 2.75 bits per heavy atom. The maximum absolute atomic E-state index is 5.72. The van der Waals surface area contributed by atoms with E-state index in [4.69, 9.17) is 4.42 Å². The fourth-order valence-electron chi connectivity index (χ4n) is 2.23. The van der Waals surface area contributed by atoms with Gasteiger partial charge in [-0.3, -0.25) is 0 Å². The molecule has 3 heteroatoms. The molecule has 0 saturated heterocycles. The molecule has 1 aliphatic rings. The quantitative estimate of drug-likeness (QED) is 0.775. The number of hydrogen-bond donors (Lipinski definition) is 0. The van der Waals surface area contributed by atoms with Gasteiger partial charge in [0.05, 0.1) is 0 Å². The van der Waals surface area contributed by atoms with Gasteiger partial charge in [-0.1, -0.05) is 43.2 Å². The lowest BCUT2D eigenvalue weighted by molar-refractivity contribution is 0.477. The van der Waals surface area contributed by atoms with Gasteiger partial charge in [-0.25, -0.2) is 4.98 Å². The average Bonchev–Trinajstić information content (AvgIpc) is 2.72. The van der Waals surface area contributed by atoms with E-state index in [0.717, 1.165) is 16.3 Å². The zero-order chi connectivity index (χ0) is 10.8.